The summed E-state index contributed by atoms with van der Waals surface area (Å²) in [5.41, 5.74) is 3.05. The number of nitrogens with zero attached hydrogens (tertiary/aromatic N) is 3. The fourth-order valence-corrected chi connectivity index (χ4v) is 4.31. The summed E-state index contributed by atoms with van der Waals surface area (Å²) in [6.07, 6.45) is 3.06. The van der Waals surface area contributed by atoms with Crippen molar-refractivity contribution < 1.29 is 18.7 Å². The number of hydrogen-bond acceptors (Lipinski definition) is 7. The maximum atomic E-state index is 12.8. The number of amides is 1. The first kappa shape index (κ1) is 18.0. The Labute approximate surface area is 177 Å². The Bertz CT molecular complexity index is 1290. The molecular weight excluding hydrogens is 396 g/mol. The van der Waals surface area contributed by atoms with Gasteiger partial charge in [0.25, 0.3) is 0 Å². The molecule has 4 aromatic rings. The molecule has 2 aliphatic heterocycles. The predicted molar refractivity (Wildman–Crippen MR) is 115 cm³/mol. The second kappa shape index (κ2) is 7.16. The zero-order chi connectivity index (χ0) is 20.8. The molecule has 0 spiro atoms. The lowest BCUT2D eigenvalue weighted by Crippen LogP contribution is -2.38. The third-order valence-corrected chi connectivity index (χ3v) is 5.94. The number of hydrogen-bond donors (Lipinski definition) is 1. The van der Waals surface area contributed by atoms with Crippen LogP contribution in [0, 0.1) is 5.92 Å². The number of piperidine rings is 1. The molecule has 0 bridgehead atoms. The summed E-state index contributed by atoms with van der Waals surface area (Å²) < 4.78 is 16.8. The highest BCUT2D eigenvalue weighted by atomic mass is 16.7. The van der Waals surface area contributed by atoms with Crippen LogP contribution in [0.15, 0.2) is 53.2 Å². The van der Waals surface area contributed by atoms with Crippen LogP contribution in [0.3, 0.4) is 0 Å². The van der Waals surface area contributed by atoms with Crippen LogP contribution in [0.2, 0.25) is 0 Å². The Morgan fingerprint density at radius 2 is 1.87 bits per heavy atom. The van der Waals surface area contributed by atoms with E-state index in [1.54, 1.807) is 12.4 Å². The molecule has 156 valence electrons. The normalized spacial score (nSPS) is 16.2. The SMILES string of the molecule is O=C(Nc1ccc2c(c1)OCO2)C1CCN(c2ncnc3c2oc2ccccc23)CC1. The number of aromatic nitrogens is 2. The van der Waals surface area contributed by atoms with Gasteiger partial charge in [-0.1, -0.05) is 12.1 Å². The van der Waals surface area contributed by atoms with Gasteiger partial charge in [-0.3, -0.25) is 4.79 Å². The molecule has 8 nitrogen and oxygen atoms in total. The number of fused-ring (bicyclic) bond motifs is 4. The predicted octanol–water partition coefficient (Wildman–Crippen LogP) is 3.96. The molecule has 2 aliphatic rings. The fraction of sp³-hybridized carbons (Fsp3) is 0.261. The Morgan fingerprint density at radius 3 is 2.77 bits per heavy atom. The van der Waals surface area contributed by atoms with Gasteiger partial charge in [0.05, 0.1) is 0 Å². The first-order valence-corrected chi connectivity index (χ1v) is 10.3. The molecule has 0 atom stereocenters. The van der Waals surface area contributed by atoms with Gasteiger partial charge in [0.2, 0.25) is 12.7 Å². The Balaban J connectivity index is 1.17. The molecule has 0 radical (unpaired) electrons. The third kappa shape index (κ3) is 3.11. The maximum absolute atomic E-state index is 12.8. The van der Waals surface area contributed by atoms with Gasteiger partial charge in [-0.2, -0.15) is 0 Å². The Hall–Kier alpha value is -3.81. The van der Waals surface area contributed by atoms with Gasteiger partial charge >= 0.3 is 0 Å². The highest BCUT2D eigenvalue weighted by molar-refractivity contribution is 6.05. The molecule has 2 aromatic carbocycles. The van der Waals surface area contributed by atoms with Crippen LogP contribution in [0.25, 0.3) is 22.1 Å². The van der Waals surface area contributed by atoms with Crippen LogP contribution in [-0.4, -0.2) is 35.8 Å². The molecule has 2 aromatic heterocycles. The van der Waals surface area contributed by atoms with Crippen molar-refractivity contribution in [2.45, 2.75) is 12.8 Å². The minimum atomic E-state index is -0.0605. The number of nitrogens with one attached hydrogen (secondary N) is 1. The van der Waals surface area contributed by atoms with Gasteiger partial charge in [0, 0.05) is 36.1 Å². The molecule has 0 aliphatic carbocycles. The average Bonchev–Trinajstić information content (AvgIpc) is 3.43. The molecule has 1 fully saturated rings. The highest BCUT2D eigenvalue weighted by Crippen LogP contribution is 2.36. The lowest BCUT2D eigenvalue weighted by Gasteiger charge is -2.31. The van der Waals surface area contributed by atoms with Gasteiger partial charge in [0.1, 0.15) is 17.4 Å². The van der Waals surface area contributed by atoms with Crippen molar-refractivity contribution in [2.75, 3.05) is 30.1 Å². The monoisotopic (exact) mass is 416 g/mol. The number of benzene rings is 2. The Morgan fingerprint density at radius 1 is 1.03 bits per heavy atom. The zero-order valence-corrected chi connectivity index (χ0v) is 16.7. The van der Waals surface area contributed by atoms with E-state index in [1.165, 1.54) is 0 Å². The van der Waals surface area contributed by atoms with Crippen molar-refractivity contribution in [2.24, 2.45) is 5.92 Å². The van der Waals surface area contributed by atoms with Crippen LogP contribution >= 0.6 is 0 Å². The Kier molecular flexibility index (Phi) is 4.15. The lowest BCUT2D eigenvalue weighted by atomic mass is 9.95. The standard InChI is InChI=1S/C23H20N4O4/c28-23(26-15-5-6-18-19(11-15)30-13-29-18)14-7-9-27(10-8-14)22-21-20(24-12-25-22)16-3-1-2-4-17(16)31-21/h1-6,11-12,14H,7-10,13H2,(H,26,28). The molecule has 8 heteroatoms. The molecule has 0 unspecified atom stereocenters. The van der Waals surface area contributed by atoms with Crippen molar-refractivity contribution in [1.82, 2.24) is 9.97 Å². The molecular formula is C23H20N4O4. The number of carbonyl (C=O) groups excluding carboxylic acids is 1. The van der Waals surface area contributed by atoms with Crippen molar-refractivity contribution in [3.8, 4) is 11.5 Å². The molecule has 6 rings (SSSR count). The highest BCUT2D eigenvalue weighted by Gasteiger charge is 2.28. The van der Waals surface area contributed by atoms with Crippen molar-refractivity contribution in [1.29, 1.82) is 0 Å². The van der Waals surface area contributed by atoms with Gasteiger partial charge < -0.3 is 24.1 Å². The number of para-hydroxylation sites is 1. The van der Waals surface area contributed by atoms with Crippen LogP contribution < -0.4 is 19.7 Å². The summed E-state index contributed by atoms with van der Waals surface area (Å²) in [5, 5.41) is 3.99. The summed E-state index contributed by atoms with van der Waals surface area (Å²) in [7, 11) is 0. The molecule has 1 saturated heterocycles. The van der Waals surface area contributed by atoms with Crippen molar-refractivity contribution >= 4 is 39.5 Å². The van der Waals surface area contributed by atoms with Crippen molar-refractivity contribution in [3.05, 3.63) is 48.8 Å². The summed E-state index contributed by atoms with van der Waals surface area (Å²) in [4.78, 5) is 23.9. The minimum absolute atomic E-state index is 0.0232. The van der Waals surface area contributed by atoms with E-state index in [4.69, 9.17) is 13.9 Å². The van der Waals surface area contributed by atoms with Crippen LogP contribution in [-0.2, 0) is 4.79 Å². The van der Waals surface area contributed by atoms with Gasteiger partial charge in [-0.05, 0) is 37.1 Å². The maximum Gasteiger partial charge on any atom is 0.231 e. The van der Waals surface area contributed by atoms with E-state index in [2.05, 4.69) is 20.2 Å². The number of rotatable bonds is 3. The van der Waals surface area contributed by atoms with E-state index >= 15 is 0 Å². The summed E-state index contributed by atoms with van der Waals surface area (Å²) >= 11 is 0. The quantitative estimate of drug-likeness (QED) is 0.541. The van der Waals surface area contributed by atoms with E-state index in [0.717, 1.165) is 53.9 Å². The average molecular weight is 416 g/mol. The molecule has 0 saturated carbocycles. The minimum Gasteiger partial charge on any atom is -0.454 e. The number of anilines is 2. The lowest BCUT2D eigenvalue weighted by molar-refractivity contribution is -0.120. The molecule has 31 heavy (non-hydrogen) atoms. The fourth-order valence-electron chi connectivity index (χ4n) is 4.31. The van der Waals surface area contributed by atoms with E-state index < -0.39 is 0 Å². The largest absolute Gasteiger partial charge is 0.454 e. The van der Waals surface area contributed by atoms with Crippen LogP contribution in [0.4, 0.5) is 11.5 Å². The number of carbonyl (C=O) groups is 1. The second-order valence-electron chi connectivity index (χ2n) is 7.79. The summed E-state index contributed by atoms with van der Waals surface area (Å²) in [6, 6.07) is 13.3. The van der Waals surface area contributed by atoms with Gasteiger partial charge in [-0.15, -0.1) is 0 Å². The van der Waals surface area contributed by atoms with E-state index in [9.17, 15) is 4.79 Å². The summed E-state index contributed by atoms with van der Waals surface area (Å²) in [6.45, 7) is 1.66. The van der Waals surface area contributed by atoms with Crippen LogP contribution in [0.1, 0.15) is 12.8 Å². The van der Waals surface area contributed by atoms with E-state index in [1.807, 2.05) is 36.4 Å². The first-order chi connectivity index (χ1) is 15.3. The first-order valence-electron chi connectivity index (χ1n) is 10.3. The van der Waals surface area contributed by atoms with Crippen LogP contribution in [0.5, 0.6) is 11.5 Å². The topological polar surface area (TPSA) is 89.7 Å². The number of ether oxygens (including phenoxy) is 2. The van der Waals surface area contributed by atoms with Gasteiger partial charge in [0.15, 0.2) is 22.9 Å². The third-order valence-electron chi connectivity index (χ3n) is 5.94. The van der Waals surface area contributed by atoms with Crippen molar-refractivity contribution in [3.63, 3.8) is 0 Å². The second-order valence-corrected chi connectivity index (χ2v) is 7.79. The number of furan rings is 1. The van der Waals surface area contributed by atoms with Gasteiger partial charge in [-0.25, -0.2) is 9.97 Å². The summed E-state index contributed by atoms with van der Waals surface area (Å²) in [5.74, 6) is 2.11. The molecule has 4 heterocycles. The van der Waals surface area contributed by atoms with E-state index in [0.29, 0.717) is 17.1 Å². The smallest absolute Gasteiger partial charge is 0.231 e. The zero-order valence-electron chi connectivity index (χ0n) is 16.7. The molecule has 1 amide bonds. The molecule has 1 N–H and O–H groups in total. The van der Waals surface area contributed by atoms with E-state index in [-0.39, 0.29) is 18.6 Å².